The minimum absolute atomic E-state index is 0.00560. The van der Waals surface area contributed by atoms with Gasteiger partial charge in [-0.15, -0.1) is 0 Å². The molecule has 5 unspecified atom stereocenters. The highest BCUT2D eigenvalue weighted by Gasteiger charge is 2.80. The van der Waals surface area contributed by atoms with Gasteiger partial charge in [0.25, 0.3) is 11.5 Å². The van der Waals surface area contributed by atoms with Crippen molar-refractivity contribution in [3.63, 3.8) is 0 Å². The molecule has 1 N–H and O–H groups in total. The summed E-state index contributed by atoms with van der Waals surface area (Å²) in [5.41, 5.74) is -5.67. The molecule has 2 aliphatic heterocycles. The van der Waals surface area contributed by atoms with Crippen molar-refractivity contribution in [2.75, 3.05) is 46.4 Å². The van der Waals surface area contributed by atoms with E-state index in [4.69, 9.17) is 28.4 Å². The molecule has 6 aliphatic rings. The predicted octanol–water partition coefficient (Wildman–Crippen LogP) is 3.60. The Kier molecular flexibility index (Phi) is 10.3. The molecule has 2 saturated heterocycles. The van der Waals surface area contributed by atoms with Crippen LogP contribution in [0.15, 0.2) is 0 Å². The molecule has 0 bridgehead atoms. The van der Waals surface area contributed by atoms with E-state index in [0.29, 0.717) is 62.9 Å². The molecule has 0 spiro atoms. The van der Waals surface area contributed by atoms with Gasteiger partial charge in [-0.2, -0.15) is 0 Å². The maximum absolute atomic E-state index is 13.1. The minimum atomic E-state index is -2.36. The van der Waals surface area contributed by atoms with Gasteiger partial charge in [0.15, 0.2) is 6.10 Å². The number of hydrogen-bond acceptors (Lipinski definition) is 13. The number of aliphatic hydroxyl groups is 1. The van der Waals surface area contributed by atoms with E-state index in [1.807, 2.05) is 4.90 Å². The van der Waals surface area contributed by atoms with Gasteiger partial charge in [0.2, 0.25) is 5.72 Å². The number of nitrogens with zero attached hydrogens (tertiary/aromatic N) is 2. The molecule has 10 atom stereocenters. The zero-order chi connectivity index (χ0) is 38.8. The predicted molar refractivity (Wildman–Crippen MR) is 187 cm³/mol. The van der Waals surface area contributed by atoms with Gasteiger partial charge in [0.05, 0.1) is 39.8 Å². The van der Waals surface area contributed by atoms with E-state index in [0.717, 1.165) is 32.4 Å². The van der Waals surface area contributed by atoms with Crippen LogP contribution in [0.1, 0.15) is 113 Å². The number of quaternary nitrogens is 1. The quantitative estimate of drug-likeness (QED) is 0.174. The average molecular weight is 750 g/mol. The first-order chi connectivity index (χ1) is 24.7. The fourth-order valence-electron chi connectivity index (χ4n) is 12.7. The van der Waals surface area contributed by atoms with Gasteiger partial charge in [-0.1, -0.05) is 13.8 Å². The minimum Gasteiger partial charge on any atom is -0.458 e. The molecule has 14 nitrogen and oxygen atoms in total. The maximum Gasteiger partial charge on any atom is 0.307 e. The SMILES string of the molecule is CC(=O)OC1C(OC(C)=O)([N+]2(C)CCCCC2)C[C@H]2[C@@H]3CCC4(OC(C)=O)CC(O)(OC(C)=O)C(OC(C)=O)(N5CCOCC5)C[C@]4(C)[C@@H]3CC[C@]12C. The number of ether oxygens (including phenoxy) is 6. The van der Waals surface area contributed by atoms with Crippen LogP contribution >= 0.6 is 0 Å². The largest absolute Gasteiger partial charge is 0.458 e. The molecule has 0 radical (unpaired) electrons. The lowest BCUT2D eigenvalue weighted by Gasteiger charge is -2.69. The number of fused-ring (bicyclic) bond motifs is 5. The molecule has 0 aromatic carbocycles. The van der Waals surface area contributed by atoms with E-state index >= 15 is 0 Å². The Morgan fingerprint density at radius 2 is 1.34 bits per heavy atom. The first-order valence-electron chi connectivity index (χ1n) is 19.6. The Bertz CT molecular complexity index is 1490. The second-order valence-electron chi connectivity index (χ2n) is 17.7. The maximum atomic E-state index is 13.1. The number of carbonyl (C=O) groups excluding carboxylic acids is 5. The van der Waals surface area contributed by atoms with E-state index in [1.54, 1.807) is 0 Å². The van der Waals surface area contributed by atoms with Crippen molar-refractivity contribution in [1.29, 1.82) is 0 Å². The Hall–Kier alpha value is -2.81. The highest BCUT2D eigenvalue weighted by atomic mass is 16.7. The van der Waals surface area contributed by atoms with Crippen LogP contribution in [0, 0.1) is 28.6 Å². The Morgan fingerprint density at radius 3 is 1.91 bits per heavy atom. The Labute approximate surface area is 313 Å². The fourth-order valence-corrected chi connectivity index (χ4v) is 12.7. The molecular formula is C39H61N2O12+. The average Bonchev–Trinajstić information content (AvgIpc) is 3.29. The number of piperidine rings is 1. The number of hydrogen-bond donors (Lipinski definition) is 1. The summed E-state index contributed by atoms with van der Waals surface area (Å²) in [5.74, 6) is -5.34. The van der Waals surface area contributed by atoms with E-state index in [1.165, 1.54) is 34.6 Å². The zero-order valence-electron chi connectivity index (χ0n) is 33.0. The van der Waals surface area contributed by atoms with Crippen molar-refractivity contribution in [2.24, 2.45) is 28.6 Å². The van der Waals surface area contributed by atoms with Crippen molar-refractivity contribution >= 4 is 29.8 Å². The van der Waals surface area contributed by atoms with Crippen molar-refractivity contribution < 1.29 is 62.0 Å². The molecule has 2 heterocycles. The lowest BCUT2D eigenvalue weighted by atomic mass is 9.42. The van der Waals surface area contributed by atoms with Gasteiger partial charge in [-0.25, -0.2) is 0 Å². The molecule has 0 aromatic rings. The van der Waals surface area contributed by atoms with Crippen LogP contribution in [0.25, 0.3) is 0 Å². The fraction of sp³-hybridized carbons (Fsp3) is 0.872. The van der Waals surface area contributed by atoms with Gasteiger partial charge < -0.3 is 33.5 Å². The van der Waals surface area contributed by atoms with Crippen molar-refractivity contribution in [1.82, 2.24) is 4.90 Å². The number of likely N-dealkylation sites (tertiary alicyclic amines) is 1. The van der Waals surface area contributed by atoms with Gasteiger partial charge >= 0.3 is 29.8 Å². The molecule has 0 amide bonds. The van der Waals surface area contributed by atoms with Gasteiger partial charge in [-0.05, 0) is 62.7 Å². The first-order valence-corrected chi connectivity index (χ1v) is 19.6. The summed E-state index contributed by atoms with van der Waals surface area (Å²) < 4.78 is 37.5. The summed E-state index contributed by atoms with van der Waals surface area (Å²) in [6.07, 6.45) is 4.72. The second-order valence-corrected chi connectivity index (χ2v) is 17.7. The summed E-state index contributed by atoms with van der Waals surface area (Å²) >= 11 is 0. The summed E-state index contributed by atoms with van der Waals surface area (Å²) in [4.78, 5) is 66.9. The van der Waals surface area contributed by atoms with Crippen molar-refractivity contribution in [3.8, 4) is 0 Å². The summed E-state index contributed by atoms with van der Waals surface area (Å²) in [5, 5.41) is 12.7. The van der Waals surface area contributed by atoms with Crippen molar-refractivity contribution in [3.05, 3.63) is 0 Å². The molecular weight excluding hydrogens is 688 g/mol. The van der Waals surface area contributed by atoms with Gasteiger partial charge in [0, 0.05) is 71.4 Å². The third-order valence-corrected chi connectivity index (χ3v) is 14.7. The second kappa shape index (κ2) is 13.7. The molecule has 0 aromatic heterocycles. The van der Waals surface area contributed by atoms with E-state index in [9.17, 15) is 29.1 Å². The Morgan fingerprint density at radius 1 is 0.736 bits per heavy atom. The molecule has 14 heteroatoms. The number of morpholine rings is 1. The molecule has 6 fully saturated rings. The number of likely N-dealkylation sites (N-methyl/N-ethyl adjacent to an activating group) is 1. The monoisotopic (exact) mass is 749 g/mol. The summed E-state index contributed by atoms with van der Waals surface area (Å²) in [6, 6.07) is 0. The number of esters is 5. The smallest absolute Gasteiger partial charge is 0.307 e. The topological polar surface area (TPSA) is 164 Å². The molecule has 53 heavy (non-hydrogen) atoms. The number of rotatable bonds is 7. The van der Waals surface area contributed by atoms with Crippen LogP contribution in [-0.2, 0) is 52.4 Å². The standard InChI is InChI=1S/C39H61N2O12/c1-25(42)49-33-34(6)14-13-31-30(32(34)22-37(33,51-27(3)44)41(8)18-10-9-11-19-41)12-15-36(50-26(2)43)24-39(47,53-29(5)46)38(52-28(4)45,23-35(31,36)7)40-16-20-48-21-17-40/h30-33,47H,9-24H2,1-8H3/q+1/t30-,31-,32+,33?,34+,35-,36?,37?,38?,39?/m1/s1. The Balaban J connectivity index is 1.51. The molecule has 4 aliphatic carbocycles. The highest BCUT2D eigenvalue weighted by molar-refractivity contribution is 5.69. The third-order valence-electron chi connectivity index (χ3n) is 14.7. The van der Waals surface area contributed by atoms with Crippen LogP contribution in [0.5, 0.6) is 0 Å². The first kappa shape index (κ1) is 39.9. The third kappa shape index (κ3) is 6.17. The summed E-state index contributed by atoms with van der Waals surface area (Å²) in [7, 11) is 2.14. The lowest BCUT2D eigenvalue weighted by molar-refractivity contribution is -0.988. The van der Waals surface area contributed by atoms with Crippen molar-refractivity contribution in [2.45, 2.75) is 142 Å². The number of carbonyl (C=O) groups is 5. The van der Waals surface area contributed by atoms with Crippen LogP contribution < -0.4 is 0 Å². The van der Waals surface area contributed by atoms with Gasteiger partial charge in [-0.3, -0.25) is 33.4 Å². The van der Waals surface area contributed by atoms with Crippen LogP contribution in [-0.4, -0.2) is 120 Å². The summed E-state index contributed by atoms with van der Waals surface area (Å²) in [6.45, 7) is 13.7. The van der Waals surface area contributed by atoms with Crippen LogP contribution in [0.4, 0.5) is 0 Å². The van der Waals surface area contributed by atoms with E-state index in [-0.39, 0.29) is 30.6 Å². The lowest BCUT2D eigenvalue weighted by Crippen LogP contribution is -2.79. The van der Waals surface area contributed by atoms with E-state index in [2.05, 4.69) is 20.9 Å². The molecule has 4 saturated carbocycles. The zero-order valence-corrected chi connectivity index (χ0v) is 33.0. The van der Waals surface area contributed by atoms with E-state index < -0.39 is 69.6 Å². The molecule has 6 rings (SSSR count). The highest BCUT2D eigenvalue weighted by Crippen LogP contribution is 2.73. The normalized spacial score (nSPS) is 43.6. The molecule has 298 valence electrons. The van der Waals surface area contributed by atoms with Gasteiger partial charge in [0.1, 0.15) is 5.60 Å². The van der Waals surface area contributed by atoms with Crippen LogP contribution in [0.2, 0.25) is 0 Å². The van der Waals surface area contributed by atoms with Crippen LogP contribution in [0.3, 0.4) is 0 Å².